The van der Waals surface area contributed by atoms with Gasteiger partial charge < -0.3 is 0 Å². The van der Waals surface area contributed by atoms with Crippen LogP contribution in [-0.2, 0) is 6.54 Å². The van der Waals surface area contributed by atoms with Crippen molar-refractivity contribution in [3.63, 3.8) is 0 Å². The summed E-state index contributed by atoms with van der Waals surface area (Å²) in [5, 5.41) is 4.04. The maximum absolute atomic E-state index is 5.98. The largest absolute Gasteiger partial charge is 0.294 e. The molecule has 1 aliphatic heterocycles. The highest BCUT2D eigenvalue weighted by Crippen LogP contribution is 2.25. The first-order chi connectivity index (χ1) is 6.81. The molecule has 1 fully saturated rings. The molecule has 3 nitrogen and oxygen atoms in total. The van der Waals surface area contributed by atoms with Crippen molar-refractivity contribution >= 4 is 23.1 Å². The fraction of sp³-hybridized carbons (Fsp3) is 0.778. The first-order valence-electron chi connectivity index (χ1n) is 5.02. The van der Waals surface area contributed by atoms with Crippen LogP contribution in [0, 0.1) is 0 Å². The van der Waals surface area contributed by atoms with Crippen LogP contribution < -0.4 is 0 Å². The number of aromatic nitrogens is 2. The van der Waals surface area contributed by atoms with Crippen LogP contribution in [0.5, 0.6) is 0 Å². The van der Waals surface area contributed by atoms with Crippen molar-refractivity contribution in [2.75, 3.05) is 6.54 Å². The Hall–Kier alpha value is -0.190. The zero-order valence-electron chi connectivity index (χ0n) is 8.24. The molecule has 14 heavy (non-hydrogen) atoms. The Morgan fingerprint density at radius 1 is 1.64 bits per heavy atom. The third-order valence-electron chi connectivity index (χ3n) is 2.83. The smallest absolute Gasteiger partial charge is 0.138 e. The Morgan fingerprint density at radius 3 is 3.14 bits per heavy atom. The topological polar surface area (TPSA) is 29.0 Å². The number of hydrogen-bond acceptors (Lipinski definition) is 4. The summed E-state index contributed by atoms with van der Waals surface area (Å²) < 4.78 is 4.59. The zero-order valence-corrected chi connectivity index (χ0v) is 9.81. The molecule has 5 heteroatoms. The number of nitrogens with zero attached hydrogens (tertiary/aromatic N) is 3. The van der Waals surface area contributed by atoms with Crippen LogP contribution in [0.3, 0.4) is 0 Å². The predicted octanol–water partition coefficient (Wildman–Crippen LogP) is 2.57. The van der Waals surface area contributed by atoms with E-state index in [2.05, 4.69) is 21.4 Å². The van der Waals surface area contributed by atoms with Crippen molar-refractivity contribution < 1.29 is 0 Å². The highest BCUT2D eigenvalue weighted by molar-refractivity contribution is 7.10. The van der Waals surface area contributed by atoms with Crippen molar-refractivity contribution in [1.29, 1.82) is 0 Å². The molecule has 0 bridgehead atoms. The Morgan fingerprint density at radius 2 is 2.50 bits per heavy atom. The maximum Gasteiger partial charge on any atom is 0.138 e. The van der Waals surface area contributed by atoms with E-state index >= 15 is 0 Å². The van der Waals surface area contributed by atoms with Crippen LogP contribution in [0.4, 0.5) is 0 Å². The van der Waals surface area contributed by atoms with E-state index in [-0.39, 0.29) is 0 Å². The van der Waals surface area contributed by atoms with Gasteiger partial charge in [0.1, 0.15) is 10.0 Å². The molecule has 1 saturated heterocycles. The highest BCUT2D eigenvalue weighted by Gasteiger charge is 2.24. The molecule has 0 aromatic carbocycles. The number of rotatable bonds is 3. The molecule has 2 rings (SSSR count). The van der Waals surface area contributed by atoms with Gasteiger partial charge in [-0.3, -0.25) is 4.90 Å². The van der Waals surface area contributed by atoms with Crippen molar-refractivity contribution in [2.24, 2.45) is 0 Å². The summed E-state index contributed by atoms with van der Waals surface area (Å²) in [5.74, 6) is 0. The molecule has 1 unspecified atom stereocenters. The molecule has 1 aromatic rings. The minimum Gasteiger partial charge on any atom is -0.294 e. The lowest BCUT2D eigenvalue weighted by Gasteiger charge is -2.21. The van der Waals surface area contributed by atoms with Gasteiger partial charge in [-0.1, -0.05) is 23.0 Å². The van der Waals surface area contributed by atoms with Gasteiger partial charge in [0, 0.05) is 24.1 Å². The van der Waals surface area contributed by atoms with Gasteiger partial charge in [-0.05, 0) is 25.8 Å². The second-order valence-electron chi connectivity index (χ2n) is 3.67. The Kier molecular flexibility index (Phi) is 3.36. The molecule has 1 aromatic heterocycles. The lowest BCUT2D eigenvalue weighted by molar-refractivity contribution is 0.237. The summed E-state index contributed by atoms with van der Waals surface area (Å²) >= 11 is 7.25. The summed E-state index contributed by atoms with van der Waals surface area (Å²) in [6.45, 7) is 4.28. The van der Waals surface area contributed by atoms with E-state index in [1.54, 1.807) is 0 Å². The molecular weight excluding hydrogens is 218 g/mol. The van der Waals surface area contributed by atoms with E-state index in [1.165, 1.54) is 37.3 Å². The third-order valence-corrected chi connectivity index (χ3v) is 3.82. The van der Waals surface area contributed by atoms with Crippen LogP contribution in [0.15, 0.2) is 0 Å². The quantitative estimate of drug-likeness (QED) is 0.801. The van der Waals surface area contributed by atoms with Gasteiger partial charge in [0.25, 0.3) is 0 Å². The second-order valence-corrected chi connectivity index (χ2v) is 5.02. The van der Waals surface area contributed by atoms with Gasteiger partial charge in [-0.2, -0.15) is 0 Å². The van der Waals surface area contributed by atoms with Crippen LogP contribution >= 0.6 is 23.1 Å². The van der Waals surface area contributed by atoms with Crippen molar-refractivity contribution in [2.45, 2.75) is 38.8 Å². The monoisotopic (exact) mass is 231 g/mol. The van der Waals surface area contributed by atoms with E-state index in [4.69, 9.17) is 11.6 Å². The average Bonchev–Trinajstić information content (AvgIpc) is 2.77. The fourth-order valence-corrected chi connectivity index (χ4v) is 2.66. The first-order valence-corrected chi connectivity index (χ1v) is 6.17. The second kappa shape index (κ2) is 4.55. The Balaban J connectivity index is 2.00. The fourth-order valence-electron chi connectivity index (χ4n) is 2.05. The standard InChI is InChI=1S/C9H14ClN3S/c1-2-7-4-3-5-13(7)6-8-9(10)14-12-11-8/h7H,2-6H2,1H3. The van der Waals surface area contributed by atoms with Gasteiger partial charge in [0.15, 0.2) is 0 Å². The molecule has 0 saturated carbocycles. The van der Waals surface area contributed by atoms with Gasteiger partial charge in [0.2, 0.25) is 0 Å². The lowest BCUT2D eigenvalue weighted by atomic mass is 10.2. The van der Waals surface area contributed by atoms with E-state index in [0.717, 1.165) is 16.6 Å². The average molecular weight is 232 g/mol. The molecule has 0 spiro atoms. The van der Waals surface area contributed by atoms with Crippen LogP contribution in [0.1, 0.15) is 31.9 Å². The summed E-state index contributed by atoms with van der Waals surface area (Å²) in [4.78, 5) is 2.46. The maximum atomic E-state index is 5.98. The van der Waals surface area contributed by atoms with E-state index in [1.807, 2.05) is 0 Å². The van der Waals surface area contributed by atoms with E-state index < -0.39 is 0 Å². The van der Waals surface area contributed by atoms with Crippen LogP contribution in [0.2, 0.25) is 4.34 Å². The number of halogens is 1. The molecule has 0 radical (unpaired) electrons. The SMILES string of the molecule is CCC1CCCN1Cc1nnsc1Cl. The highest BCUT2D eigenvalue weighted by atomic mass is 35.5. The third kappa shape index (κ3) is 2.07. The molecule has 0 aliphatic carbocycles. The zero-order chi connectivity index (χ0) is 9.97. The van der Waals surface area contributed by atoms with Gasteiger partial charge in [-0.15, -0.1) is 5.10 Å². The van der Waals surface area contributed by atoms with Gasteiger partial charge in [0.05, 0.1) is 0 Å². The summed E-state index contributed by atoms with van der Waals surface area (Å²) in [6.07, 6.45) is 3.83. The molecule has 0 N–H and O–H groups in total. The van der Waals surface area contributed by atoms with Crippen LogP contribution in [-0.4, -0.2) is 27.1 Å². The minimum absolute atomic E-state index is 0.716. The van der Waals surface area contributed by atoms with Crippen molar-refractivity contribution in [3.8, 4) is 0 Å². The van der Waals surface area contributed by atoms with Crippen molar-refractivity contribution in [1.82, 2.24) is 14.5 Å². The van der Waals surface area contributed by atoms with Gasteiger partial charge >= 0.3 is 0 Å². The number of likely N-dealkylation sites (tertiary alicyclic amines) is 1. The molecule has 0 amide bonds. The molecule has 1 atom stereocenters. The minimum atomic E-state index is 0.716. The summed E-state index contributed by atoms with van der Waals surface area (Å²) in [7, 11) is 0. The lowest BCUT2D eigenvalue weighted by Crippen LogP contribution is -2.28. The van der Waals surface area contributed by atoms with Crippen molar-refractivity contribution in [3.05, 3.63) is 10.0 Å². The molecular formula is C9H14ClN3S. The van der Waals surface area contributed by atoms with Crippen LogP contribution in [0.25, 0.3) is 0 Å². The predicted molar refractivity (Wildman–Crippen MR) is 58.6 cm³/mol. The molecule has 1 aliphatic rings. The van der Waals surface area contributed by atoms with Gasteiger partial charge in [-0.25, -0.2) is 0 Å². The summed E-state index contributed by atoms with van der Waals surface area (Å²) in [5.41, 5.74) is 0.942. The van der Waals surface area contributed by atoms with E-state index in [0.29, 0.717) is 6.04 Å². The first kappa shape index (κ1) is 10.3. The van der Waals surface area contributed by atoms with E-state index in [9.17, 15) is 0 Å². The Bertz CT molecular complexity index is 302. The summed E-state index contributed by atoms with van der Waals surface area (Å²) in [6, 6.07) is 0.716. The number of hydrogen-bond donors (Lipinski definition) is 0. The molecule has 78 valence electrons. The Labute approximate surface area is 93.2 Å². The normalized spacial score (nSPS) is 23.1. The molecule has 2 heterocycles.